The summed E-state index contributed by atoms with van der Waals surface area (Å²) in [5, 5.41) is 12.8. The molecule has 24 heavy (non-hydrogen) atoms. The molecule has 0 amide bonds. The monoisotopic (exact) mass is 313 g/mol. The molecule has 2 aromatic carbocycles. The van der Waals surface area contributed by atoms with Gasteiger partial charge in [0.05, 0.1) is 5.69 Å². The Morgan fingerprint density at radius 2 is 1.71 bits per heavy atom. The maximum Gasteiger partial charge on any atom is 0.274 e. The number of benzene rings is 2. The summed E-state index contributed by atoms with van der Waals surface area (Å²) in [5.41, 5.74) is 3.40. The number of hydrogen-bond donors (Lipinski definition) is 0. The molecule has 0 aliphatic carbocycles. The van der Waals surface area contributed by atoms with Crippen molar-refractivity contribution in [3.05, 3.63) is 66.7 Å². The van der Waals surface area contributed by atoms with Crippen LogP contribution < -0.4 is 0 Å². The van der Waals surface area contributed by atoms with Crippen LogP contribution in [0.15, 0.2) is 71.1 Å². The molecule has 0 saturated heterocycles. The molecule has 5 rings (SSSR count). The van der Waals surface area contributed by atoms with Gasteiger partial charge in [0.1, 0.15) is 11.3 Å². The van der Waals surface area contributed by atoms with Gasteiger partial charge in [-0.15, -0.1) is 0 Å². The lowest BCUT2D eigenvalue weighted by molar-refractivity contribution is 0.628. The van der Waals surface area contributed by atoms with E-state index in [1.165, 1.54) is 0 Å². The third-order valence-corrected chi connectivity index (χ3v) is 3.92. The Bertz CT molecular complexity index is 1130. The smallest absolute Gasteiger partial charge is 0.274 e. The highest BCUT2D eigenvalue weighted by molar-refractivity contribution is 5.82. The maximum atomic E-state index is 5.93. The molecule has 114 valence electrons. The minimum atomic E-state index is 0.437. The van der Waals surface area contributed by atoms with E-state index in [4.69, 9.17) is 4.42 Å². The Hall–Kier alpha value is -3.54. The molecule has 3 aromatic heterocycles. The number of furan rings is 1. The predicted octanol–water partition coefficient (Wildman–Crippen LogP) is 3.60. The number of tetrazole rings is 1. The second-order valence-electron chi connectivity index (χ2n) is 5.43. The third kappa shape index (κ3) is 1.97. The first kappa shape index (κ1) is 13.0. The van der Waals surface area contributed by atoms with Crippen LogP contribution in [0.25, 0.3) is 39.5 Å². The maximum absolute atomic E-state index is 5.93. The summed E-state index contributed by atoms with van der Waals surface area (Å²) in [6.45, 7) is 0. The van der Waals surface area contributed by atoms with Crippen LogP contribution in [0.3, 0.4) is 0 Å². The Balaban J connectivity index is 1.77. The quantitative estimate of drug-likeness (QED) is 0.498. The minimum Gasteiger partial charge on any atom is -0.454 e. The van der Waals surface area contributed by atoms with Crippen molar-refractivity contribution in [3.8, 4) is 22.7 Å². The van der Waals surface area contributed by atoms with Crippen molar-refractivity contribution in [2.24, 2.45) is 0 Å². The number of hydrogen-bond acceptors (Lipinski definition) is 5. The second kappa shape index (κ2) is 4.99. The zero-order valence-electron chi connectivity index (χ0n) is 12.5. The Kier molecular flexibility index (Phi) is 2.69. The highest BCUT2D eigenvalue weighted by Gasteiger charge is 2.14. The van der Waals surface area contributed by atoms with E-state index >= 15 is 0 Å². The molecule has 6 heteroatoms. The molecular weight excluding hydrogens is 302 g/mol. The molecule has 0 radical (unpaired) electrons. The SMILES string of the molecule is c1ccc(-c2cc(-c3cc4ccccc4o3)nc3nnnn23)cc1. The van der Waals surface area contributed by atoms with Gasteiger partial charge in [0.15, 0.2) is 5.76 Å². The normalized spacial score (nSPS) is 11.3. The fourth-order valence-corrected chi connectivity index (χ4v) is 2.79. The van der Waals surface area contributed by atoms with Crippen molar-refractivity contribution in [2.45, 2.75) is 0 Å². The number of fused-ring (bicyclic) bond motifs is 2. The molecule has 6 nitrogen and oxygen atoms in total. The molecule has 0 saturated carbocycles. The summed E-state index contributed by atoms with van der Waals surface area (Å²) in [5.74, 6) is 1.13. The number of nitrogens with zero attached hydrogens (tertiary/aromatic N) is 5. The molecule has 0 fully saturated rings. The Morgan fingerprint density at radius 3 is 2.58 bits per heavy atom. The van der Waals surface area contributed by atoms with Gasteiger partial charge in [-0.1, -0.05) is 53.6 Å². The van der Waals surface area contributed by atoms with Crippen LogP contribution >= 0.6 is 0 Å². The molecule has 0 aliphatic rings. The molecule has 0 unspecified atom stereocenters. The van der Waals surface area contributed by atoms with E-state index in [-0.39, 0.29) is 0 Å². The average molecular weight is 313 g/mol. The van der Waals surface area contributed by atoms with Crippen molar-refractivity contribution in [1.82, 2.24) is 25.0 Å². The number of rotatable bonds is 2. The van der Waals surface area contributed by atoms with E-state index in [1.54, 1.807) is 4.52 Å². The van der Waals surface area contributed by atoms with Crippen molar-refractivity contribution >= 4 is 16.7 Å². The summed E-state index contributed by atoms with van der Waals surface area (Å²) in [6.07, 6.45) is 0. The van der Waals surface area contributed by atoms with E-state index in [0.29, 0.717) is 17.2 Å². The van der Waals surface area contributed by atoms with Crippen molar-refractivity contribution in [1.29, 1.82) is 0 Å². The van der Waals surface area contributed by atoms with Gasteiger partial charge in [0.2, 0.25) is 0 Å². The van der Waals surface area contributed by atoms with Crippen LogP contribution in [-0.4, -0.2) is 25.0 Å². The highest BCUT2D eigenvalue weighted by Crippen LogP contribution is 2.29. The van der Waals surface area contributed by atoms with Crippen LogP contribution in [0.4, 0.5) is 0 Å². The first-order chi connectivity index (χ1) is 11.9. The summed E-state index contributed by atoms with van der Waals surface area (Å²) < 4.78 is 7.56. The van der Waals surface area contributed by atoms with Crippen LogP contribution in [0.5, 0.6) is 0 Å². The minimum absolute atomic E-state index is 0.437. The van der Waals surface area contributed by atoms with E-state index in [2.05, 4.69) is 20.5 Å². The van der Waals surface area contributed by atoms with Crippen LogP contribution in [-0.2, 0) is 0 Å². The van der Waals surface area contributed by atoms with E-state index in [9.17, 15) is 0 Å². The average Bonchev–Trinajstić information content (AvgIpc) is 3.28. The molecule has 0 spiro atoms. The summed E-state index contributed by atoms with van der Waals surface area (Å²) in [4.78, 5) is 4.52. The summed E-state index contributed by atoms with van der Waals surface area (Å²) in [7, 11) is 0. The van der Waals surface area contributed by atoms with E-state index in [1.807, 2.05) is 66.7 Å². The molecule has 0 N–H and O–H groups in total. The molecule has 0 bridgehead atoms. The van der Waals surface area contributed by atoms with E-state index < -0.39 is 0 Å². The lowest BCUT2D eigenvalue weighted by Gasteiger charge is -2.05. The van der Waals surface area contributed by atoms with Gasteiger partial charge < -0.3 is 4.42 Å². The van der Waals surface area contributed by atoms with Gasteiger partial charge >= 0.3 is 0 Å². The van der Waals surface area contributed by atoms with Gasteiger partial charge in [0, 0.05) is 10.9 Å². The number of aromatic nitrogens is 5. The second-order valence-corrected chi connectivity index (χ2v) is 5.43. The standard InChI is InChI=1S/C18H11N5O/c1-2-6-12(7-3-1)15-11-14(19-18-20-21-22-23(15)18)17-10-13-8-4-5-9-16(13)24-17/h1-11H. The largest absolute Gasteiger partial charge is 0.454 e. The molecule has 0 atom stereocenters. The Morgan fingerprint density at radius 1 is 0.875 bits per heavy atom. The zero-order valence-corrected chi connectivity index (χ0v) is 12.5. The van der Waals surface area contributed by atoms with Gasteiger partial charge in [-0.25, -0.2) is 4.98 Å². The third-order valence-electron chi connectivity index (χ3n) is 3.92. The van der Waals surface area contributed by atoms with Gasteiger partial charge in [-0.05, 0) is 28.6 Å². The van der Waals surface area contributed by atoms with Gasteiger partial charge in [0.25, 0.3) is 5.78 Å². The molecule has 0 aliphatic heterocycles. The first-order valence-corrected chi connectivity index (χ1v) is 7.52. The lowest BCUT2D eigenvalue weighted by Crippen LogP contribution is -1.98. The van der Waals surface area contributed by atoms with Crippen LogP contribution in [0.2, 0.25) is 0 Å². The first-order valence-electron chi connectivity index (χ1n) is 7.52. The number of para-hydroxylation sites is 1. The topological polar surface area (TPSA) is 69.1 Å². The predicted molar refractivity (Wildman–Crippen MR) is 89.2 cm³/mol. The highest BCUT2D eigenvalue weighted by atomic mass is 16.3. The Labute approximate surface area is 136 Å². The summed E-state index contributed by atoms with van der Waals surface area (Å²) in [6, 6.07) is 21.8. The lowest BCUT2D eigenvalue weighted by atomic mass is 10.1. The van der Waals surface area contributed by atoms with Crippen LogP contribution in [0, 0.1) is 0 Å². The fraction of sp³-hybridized carbons (Fsp3) is 0. The van der Waals surface area contributed by atoms with Crippen molar-refractivity contribution in [3.63, 3.8) is 0 Å². The fourth-order valence-electron chi connectivity index (χ4n) is 2.79. The van der Waals surface area contributed by atoms with Gasteiger partial charge in [-0.3, -0.25) is 0 Å². The van der Waals surface area contributed by atoms with E-state index in [0.717, 1.165) is 22.2 Å². The molecular formula is C18H11N5O. The van der Waals surface area contributed by atoms with Crippen LogP contribution in [0.1, 0.15) is 0 Å². The zero-order chi connectivity index (χ0) is 15.9. The van der Waals surface area contributed by atoms with Crippen molar-refractivity contribution < 1.29 is 4.42 Å². The van der Waals surface area contributed by atoms with Crippen molar-refractivity contribution in [2.75, 3.05) is 0 Å². The molecule has 3 heterocycles. The van der Waals surface area contributed by atoms with Gasteiger partial charge in [-0.2, -0.15) is 4.52 Å². The summed E-state index contributed by atoms with van der Waals surface area (Å²) >= 11 is 0. The molecule has 5 aromatic rings.